The van der Waals surface area contributed by atoms with E-state index in [4.69, 9.17) is 15.8 Å². The number of halogens is 1. The van der Waals surface area contributed by atoms with Gasteiger partial charge in [-0.05, 0) is 17.7 Å². The van der Waals surface area contributed by atoms with Crippen molar-refractivity contribution in [1.29, 1.82) is 0 Å². The van der Waals surface area contributed by atoms with Gasteiger partial charge in [0.1, 0.15) is 0 Å². The molecule has 0 aliphatic heterocycles. The van der Waals surface area contributed by atoms with Gasteiger partial charge in [0.05, 0.1) is 24.0 Å². The molecule has 33 heavy (non-hydrogen) atoms. The average molecular weight is 527 g/mol. The molecule has 1 aromatic carbocycles. The van der Waals surface area contributed by atoms with Gasteiger partial charge in [0.15, 0.2) is 0 Å². The maximum absolute atomic E-state index is 12.4. The highest BCUT2D eigenvalue weighted by molar-refractivity contribution is 7.86. The van der Waals surface area contributed by atoms with Gasteiger partial charge in [-0.1, -0.05) is 44.5 Å². The van der Waals surface area contributed by atoms with Gasteiger partial charge in [0, 0.05) is 37.0 Å². The van der Waals surface area contributed by atoms with Crippen LogP contribution in [0.4, 0.5) is 0 Å². The van der Waals surface area contributed by atoms with Gasteiger partial charge in [-0.25, -0.2) is 0 Å². The predicted octanol–water partition coefficient (Wildman–Crippen LogP) is 1.52. The van der Waals surface area contributed by atoms with E-state index >= 15 is 0 Å². The van der Waals surface area contributed by atoms with Gasteiger partial charge in [-0.3, -0.25) is 18.3 Å². The van der Waals surface area contributed by atoms with Crippen molar-refractivity contribution in [3.05, 3.63) is 34.9 Å². The molecule has 0 saturated carbocycles. The summed E-state index contributed by atoms with van der Waals surface area (Å²) in [5.41, 5.74) is 0.545. The molecule has 0 spiro atoms. The molecule has 188 valence electrons. The van der Waals surface area contributed by atoms with Crippen molar-refractivity contribution in [2.24, 2.45) is 11.8 Å². The Hall–Kier alpha value is -1.73. The quantitative estimate of drug-likeness (QED) is 0.290. The molecule has 1 aromatic rings. The van der Waals surface area contributed by atoms with E-state index in [1.165, 1.54) is 18.9 Å². The molecule has 0 radical (unpaired) electrons. The normalized spacial score (nSPS) is 14.0. The molecule has 1 rings (SSSR count). The number of carbonyl (C=O) groups is 2. The fourth-order valence-corrected chi connectivity index (χ4v) is 4.77. The highest BCUT2D eigenvalue weighted by Crippen LogP contribution is 2.20. The Morgan fingerprint density at radius 1 is 1.12 bits per heavy atom. The third kappa shape index (κ3) is 11.3. The number of rotatable bonds is 13. The van der Waals surface area contributed by atoms with Crippen LogP contribution in [0.2, 0.25) is 5.02 Å². The summed E-state index contributed by atoms with van der Waals surface area (Å²) >= 11 is 5.84. The summed E-state index contributed by atoms with van der Waals surface area (Å²) in [5, 5.41) is 3.00. The van der Waals surface area contributed by atoms with Gasteiger partial charge in [0.2, 0.25) is 11.8 Å². The summed E-state index contributed by atoms with van der Waals surface area (Å²) in [6.07, 6.45) is 0. The van der Waals surface area contributed by atoms with Crippen LogP contribution in [0.3, 0.4) is 0 Å². The molecule has 13 heteroatoms. The molecule has 2 amide bonds. The highest BCUT2D eigenvalue weighted by atomic mass is 35.5. The zero-order chi connectivity index (χ0) is 25.4. The lowest BCUT2D eigenvalue weighted by molar-refractivity contribution is -0.132. The molecule has 2 atom stereocenters. The van der Waals surface area contributed by atoms with Crippen LogP contribution >= 0.6 is 11.6 Å². The molecule has 0 saturated heterocycles. The van der Waals surface area contributed by atoms with E-state index in [1.54, 1.807) is 38.1 Å². The summed E-state index contributed by atoms with van der Waals surface area (Å²) in [5.74, 6) is -3.64. The van der Waals surface area contributed by atoms with Gasteiger partial charge in [-0.15, -0.1) is 0 Å². The number of carbonyl (C=O) groups excluding carboxylic acids is 2. The summed E-state index contributed by atoms with van der Waals surface area (Å²) in [6, 6.07) is 6.29. The number of hydrogen-bond donors (Lipinski definition) is 2. The Morgan fingerprint density at radius 3 is 2.21 bits per heavy atom. The summed E-state index contributed by atoms with van der Waals surface area (Å²) in [4.78, 5) is 25.5. The van der Waals surface area contributed by atoms with E-state index in [9.17, 15) is 31.0 Å². The lowest BCUT2D eigenvalue weighted by Gasteiger charge is -2.20. The summed E-state index contributed by atoms with van der Waals surface area (Å²) in [6.45, 7) is 4.30. The first kappa shape index (κ1) is 29.3. The minimum atomic E-state index is -4.32. The van der Waals surface area contributed by atoms with E-state index in [0.29, 0.717) is 10.6 Å². The van der Waals surface area contributed by atoms with Crippen molar-refractivity contribution >= 4 is 43.7 Å². The Labute approximate surface area is 200 Å². The second kappa shape index (κ2) is 12.7. The van der Waals surface area contributed by atoms with Crippen LogP contribution in [0.1, 0.15) is 32.3 Å². The standard InChI is InChI=1S/C20H31ClN2O8S2/c1-14(2)20(25)23(4)9-10-33(29,30)31-12-15(3)19(24)22-11-17(13-32(26,27)28)16-5-7-18(21)8-6-16/h5-8,14-15,17H,9-13H2,1-4H3,(H,22,24)(H,26,27,28). The van der Waals surface area contributed by atoms with E-state index in [0.717, 1.165) is 0 Å². The van der Waals surface area contributed by atoms with Gasteiger partial charge >= 0.3 is 0 Å². The molecule has 2 unspecified atom stereocenters. The Morgan fingerprint density at radius 2 is 1.70 bits per heavy atom. The van der Waals surface area contributed by atoms with Crippen LogP contribution in [-0.4, -0.2) is 76.4 Å². The molecule has 0 bridgehead atoms. The molecular formula is C20H31ClN2O8S2. The predicted molar refractivity (Wildman–Crippen MR) is 125 cm³/mol. The van der Waals surface area contributed by atoms with E-state index < -0.39 is 56.1 Å². The van der Waals surface area contributed by atoms with Crippen molar-refractivity contribution in [2.75, 3.05) is 38.2 Å². The summed E-state index contributed by atoms with van der Waals surface area (Å²) < 4.78 is 61.1. The third-order valence-electron chi connectivity index (χ3n) is 4.77. The molecular weight excluding hydrogens is 496 g/mol. The minimum absolute atomic E-state index is 0.0433. The minimum Gasteiger partial charge on any atom is -0.355 e. The fourth-order valence-electron chi connectivity index (χ4n) is 2.80. The zero-order valence-corrected chi connectivity index (χ0v) is 21.4. The highest BCUT2D eigenvalue weighted by Gasteiger charge is 2.23. The van der Waals surface area contributed by atoms with Crippen LogP contribution < -0.4 is 5.32 Å². The van der Waals surface area contributed by atoms with Gasteiger partial charge in [0.25, 0.3) is 20.2 Å². The van der Waals surface area contributed by atoms with Crippen molar-refractivity contribution < 1.29 is 35.2 Å². The van der Waals surface area contributed by atoms with Crippen LogP contribution in [0.15, 0.2) is 24.3 Å². The zero-order valence-electron chi connectivity index (χ0n) is 19.0. The van der Waals surface area contributed by atoms with Crippen molar-refractivity contribution in [2.45, 2.75) is 26.7 Å². The smallest absolute Gasteiger partial charge is 0.269 e. The number of hydrogen-bond acceptors (Lipinski definition) is 7. The first-order valence-electron chi connectivity index (χ1n) is 10.2. The third-order valence-corrected chi connectivity index (χ3v) is 7.02. The molecule has 10 nitrogen and oxygen atoms in total. The molecule has 0 aliphatic carbocycles. The maximum atomic E-state index is 12.4. The first-order chi connectivity index (χ1) is 15.1. The lowest BCUT2D eigenvalue weighted by Crippen LogP contribution is -2.37. The van der Waals surface area contributed by atoms with E-state index in [2.05, 4.69) is 5.32 Å². The van der Waals surface area contributed by atoms with E-state index in [1.807, 2.05) is 0 Å². The van der Waals surface area contributed by atoms with Gasteiger partial charge < -0.3 is 10.2 Å². The number of nitrogens with one attached hydrogen (secondary N) is 1. The van der Waals surface area contributed by atoms with Crippen LogP contribution in [-0.2, 0) is 34.0 Å². The summed E-state index contributed by atoms with van der Waals surface area (Å²) in [7, 11) is -6.79. The van der Waals surface area contributed by atoms with Crippen LogP contribution in [0.5, 0.6) is 0 Å². The lowest BCUT2D eigenvalue weighted by atomic mass is 10.0. The van der Waals surface area contributed by atoms with Gasteiger partial charge in [-0.2, -0.15) is 16.8 Å². The largest absolute Gasteiger partial charge is 0.355 e. The monoisotopic (exact) mass is 526 g/mol. The molecule has 2 N–H and O–H groups in total. The average Bonchev–Trinajstić information content (AvgIpc) is 2.72. The Bertz CT molecular complexity index is 1010. The second-order valence-electron chi connectivity index (χ2n) is 8.10. The fraction of sp³-hybridized carbons (Fsp3) is 0.600. The molecule has 0 fully saturated rings. The Kier molecular flexibility index (Phi) is 11.2. The maximum Gasteiger partial charge on any atom is 0.269 e. The number of nitrogens with zero attached hydrogens (tertiary/aromatic N) is 1. The number of amides is 2. The first-order valence-corrected chi connectivity index (χ1v) is 13.8. The van der Waals surface area contributed by atoms with Crippen LogP contribution in [0, 0.1) is 11.8 Å². The van der Waals surface area contributed by atoms with Crippen molar-refractivity contribution in [1.82, 2.24) is 10.2 Å². The Balaban J connectivity index is 2.63. The van der Waals surface area contributed by atoms with E-state index in [-0.39, 0.29) is 24.9 Å². The SMILES string of the molecule is CC(C)C(=O)N(C)CCS(=O)(=O)OCC(C)C(=O)NCC(CS(=O)(=O)O)c1ccc(Cl)cc1. The molecule has 0 aromatic heterocycles. The van der Waals surface area contributed by atoms with Crippen molar-refractivity contribution in [3.63, 3.8) is 0 Å². The second-order valence-corrected chi connectivity index (χ2v) is 11.8. The van der Waals surface area contributed by atoms with Crippen molar-refractivity contribution in [3.8, 4) is 0 Å². The number of benzene rings is 1. The van der Waals surface area contributed by atoms with Crippen LogP contribution in [0.25, 0.3) is 0 Å². The molecule has 0 heterocycles. The molecule has 0 aliphatic rings. The topological polar surface area (TPSA) is 147 Å².